The number of aromatic nitrogens is 3. The number of pyridine rings is 1. The zero-order valence-corrected chi connectivity index (χ0v) is 15.6. The van der Waals surface area contributed by atoms with Gasteiger partial charge in [0, 0.05) is 56.5 Å². The van der Waals surface area contributed by atoms with Gasteiger partial charge >= 0.3 is 0 Å². The summed E-state index contributed by atoms with van der Waals surface area (Å²) in [4.78, 5) is 19.2. The number of hydrogen-bond donors (Lipinski definition) is 0. The van der Waals surface area contributed by atoms with Crippen molar-refractivity contribution in [1.82, 2.24) is 19.7 Å². The monoisotopic (exact) mass is 374 g/mol. The van der Waals surface area contributed by atoms with Crippen LogP contribution in [0.5, 0.6) is 0 Å². The van der Waals surface area contributed by atoms with Crippen LogP contribution in [0, 0.1) is 0 Å². The average Bonchev–Trinajstić information content (AvgIpc) is 3.24. The van der Waals surface area contributed by atoms with E-state index in [4.69, 9.17) is 4.42 Å². The van der Waals surface area contributed by atoms with Gasteiger partial charge in [0.2, 0.25) is 0 Å². The first kappa shape index (κ1) is 18.1. The van der Waals surface area contributed by atoms with E-state index in [0.29, 0.717) is 23.1 Å². The van der Waals surface area contributed by atoms with Gasteiger partial charge in [-0.3, -0.25) is 19.4 Å². The highest BCUT2D eigenvalue weighted by atomic mass is 16.3. The molecule has 0 radical (unpaired) electrons. The Hall–Kier alpha value is -3.25. The van der Waals surface area contributed by atoms with E-state index in [1.165, 1.54) is 5.56 Å². The molecule has 6 nitrogen and oxygen atoms in total. The predicted molar refractivity (Wildman–Crippen MR) is 108 cm³/mol. The van der Waals surface area contributed by atoms with Gasteiger partial charge in [-0.1, -0.05) is 12.1 Å². The Morgan fingerprint density at radius 2 is 1.86 bits per heavy atom. The van der Waals surface area contributed by atoms with Gasteiger partial charge in [-0.15, -0.1) is 0 Å². The molecule has 28 heavy (non-hydrogen) atoms. The summed E-state index contributed by atoms with van der Waals surface area (Å²) < 4.78 is 7.61. The zero-order chi connectivity index (χ0) is 19.2. The minimum atomic E-state index is 0.0358. The van der Waals surface area contributed by atoms with Gasteiger partial charge < -0.3 is 4.42 Å². The number of fused-ring (bicyclic) bond motifs is 1. The topological polar surface area (TPSA) is 64.2 Å². The van der Waals surface area contributed by atoms with Crippen molar-refractivity contribution in [1.29, 1.82) is 0 Å². The van der Waals surface area contributed by atoms with Crippen LogP contribution in [0.4, 0.5) is 0 Å². The van der Waals surface area contributed by atoms with Crippen molar-refractivity contribution >= 4 is 11.0 Å². The Balaban J connectivity index is 1.52. The van der Waals surface area contributed by atoms with E-state index in [0.717, 1.165) is 26.1 Å². The lowest BCUT2D eigenvalue weighted by Crippen LogP contribution is -2.27. The van der Waals surface area contributed by atoms with Gasteiger partial charge in [-0.2, -0.15) is 5.10 Å². The molecule has 0 aliphatic carbocycles. The van der Waals surface area contributed by atoms with Crippen molar-refractivity contribution in [2.24, 2.45) is 0 Å². The minimum absolute atomic E-state index is 0.0358. The van der Waals surface area contributed by atoms with E-state index in [2.05, 4.69) is 15.0 Å². The average molecular weight is 374 g/mol. The van der Waals surface area contributed by atoms with Gasteiger partial charge in [0.1, 0.15) is 5.58 Å². The Kier molecular flexibility index (Phi) is 5.58. The standard InChI is InChI=1S/C22H22N4O2/c27-22-19(17-28-21-6-2-1-5-20(21)22)16-25(15-18-7-10-23-11-8-18)12-4-14-26-13-3-9-24-26/h1-3,5-11,13,17H,4,12,14-16H2. The first-order valence-corrected chi connectivity index (χ1v) is 9.38. The second-order valence-electron chi connectivity index (χ2n) is 6.78. The lowest BCUT2D eigenvalue weighted by Gasteiger charge is -2.22. The van der Waals surface area contributed by atoms with E-state index in [1.54, 1.807) is 24.9 Å². The van der Waals surface area contributed by atoms with Crippen molar-refractivity contribution in [3.63, 3.8) is 0 Å². The van der Waals surface area contributed by atoms with Crippen LogP contribution in [0.2, 0.25) is 0 Å². The van der Waals surface area contributed by atoms with Gasteiger partial charge in [0.05, 0.1) is 11.6 Å². The van der Waals surface area contributed by atoms with Gasteiger partial charge in [-0.05, 0) is 42.3 Å². The largest absolute Gasteiger partial charge is 0.464 e. The SMILES string of the molecule is O=c1c(CN(CCCn2cccn2)Cc2ccncc2)coc2ccccc12. The molecule has 0 spiro atoms. The van der Waals surface area contributed by atoms with Crippen LogP contribution < -0.4 is 5.43 Å². The fourth-order valence-electron chi connectivity index (χ4n) is 3.32. The third-order valence-electron chi connectivity index (χ3n) is 4.72. The maximum absolute atomic E-state index is 12.9. The van der Waals surface area contributed by atoms with Crippen LogP contribution in [0.25, 0.3) is 11.0 Å². The van der Waals surface area contributed by atoms with Gasteiger partial charge in [0.15, 0.2) is 5.43 Å². The Labute approximate surface area is 163 Å². The third kappa shape index (κ3) is 4.35. The van der Waals surface area contributed by atoms with Crippen molar-refractivity contribution in [3.05, 3.63) is 94.9 Å². The lowest BCUT2D eigenvalue weighted by molar-refractivity contribution is 0.244. The van der Waals surface area contributed by atoms with E-state index < -0.39 is 0 Å². The van der Waals surface area contributed by atoms with Crippen LogP contribution in [0.3, 0.4) is 0 Å². The number of para-hydroxylation sites is 1. The maximum atomic E-state index is 12.9. The highest BCUT2D eigenvalue weighted by Gasteiger charge is 2.12. The van der Waals surface area contributed by atoms with Crippen LogP contribution >= 0.6 is 0 Å². The summed E-state index contributed by atoms with van der Waals surface area (Å²) in [6.07, 6.45) is 9.87. The highest BCUT2D eigenvalue weighted by molar-refractivity contribution is 5.76. The second-order valence-corrected chi connectivity index (χ2v) is 6.78. The molecule has 1 aromatic carbocycles. The molecule has 3 aromatic heterocycles. The molecule has 0 aliphatic rings. The molecule has 0 bridgehead atoms. The number of rotatable bonds is 8. The summed E-state index contributed by atoms with van der Waals surface area (Å²) in [5.74, 6) is 0. The first-order valence-electron chi connectivity index (χ1n) is 9.38. The predicted octanol–water partition coefficient (Wildman–Crippen LogP) is 3.48. The molecule has 6 heteroatoms. The van der Waals surface area contributed by atoms with Crippen LogP contribution in [-0.2, 0) is 19.6 Å². The first-order chi connectivity index (χ1) is 13.8. The van der Waals surface area contributed by atoms with Gasteiger partial charge in [-0.25, -0.2) is 0 Å². The molecule has 3 heterocycles. The second kappa shape index (κ2) is 8.63. The molecule has 0 fully saturated rings. The van der Waals surface area contributed by atoms with Crippen molar-refractivity contribution < 1.29 is 4.42 Å². The molecule has 4 aromatic rings. The van der Waals surface area contributed by atoms with Crippen LogP contribution in [0.1, 0.15) is 17.5 Å². The quantitative estimate of drug-likeness (QED) is 0.472. The van der Waals surface area contributed by atoms with Crippen molar-refractivity contribution in [3.8, 4) is 0 Å². The molecular formula is C22H22N4O2. The van der Waals surface area contributed by atoms with Crippen LogP contribution in [0.15, 0.2) is 82.7 Å². The number of hydrogen-bond acceptors (Lipinski definition) is 5. The summed E-state index contributed by atoms with van der Waals surface area (Å²) in [5, 5.41) is 4.88. The third-order valence-corrected chi connectivity index (χ3v) is 4.72. The molecule has 0 atom stereocenters. The van der Waals surface area contributed by atoms with Crippen LogP contribution in [-0.4, -0.2) is 26.2 Å². The van der Waals surface area contributed by atoms with Crippen molar-refractivity contribution in [2.75, 3.05) is 6.54 Å². The molecule has 0 saturated carbocycles. The molecule has 0 N–H and O–H groups in total. The van der Waals surface area contributed by atoms with Crippen molar-refractivity contribution in [2.45, 2.75) is 26.1 Å². The smallest absolute Gasteiger partial charge is 0.197 e. The van der Waals surface area contributed by atoms with E-state index >= 15 is 0 Å². The summed E-state index contributed by atoms with van der Waals surface area (Å²) in [6.45, 7) is 2.96. The molecule has 0 saturated heterocycles. The number of nitrogens with zero attached hydrogens (tertiary/aromatic N) is 4. The number of benzene rings is 1. The van der Waals surface area contributed by atoms with E-state index in [-0.39, 0.29) is 5.43 Å². The Bertz CT molecular complexity index is 1070. The molecule has 4 rings (SSSR count). The molecule has 0 aliphatic heterocycles. The number of aryl methyl sites for hydroxylation is 1. The summed E-state index contributed by atoms with van der Waals surface area (Å²) in [6, 6.07) is 13.3. The normalized spacial score (nSPS) is 11.3. The Morgan fingerprint density at radius 3 is 2.68 bits per heavy atom. The molecule has 0 amide bonds. The minimum Gasteiger partial charge on any atom is -0.464 e. The molecular weight excluding hydrogens is 352 g/mol. The zero-order valence-electron chi connectivity index (χ0n) is 15.6. The van der Waals surface area contributed by atoms with Gasteiger partial charge in [0.25, 0.3) is 0 Å². The highest BCUT2D eigenvalue weighted by Crippen LogP contribution is 2.13. The van der Waals surface area contributed by atoms with E-state index in [1.807, 2.05) is 53.3 Å². The fraction of sp³-hybridized carbons (Fsp3) is 0.227. The molecule has 142 valence electrons. The summed E-state index contributed by atoms with van der Waals surface area (Å²) in [7, 11) is 0. The Morgan fingerprint density at radius 1 is 1.00 bits per heavy atom. The summed E-state index contributed by atoms with van der Waals surface area (Å²) >= 11 is 0. The van der Waals surface area contributed by atoms with E-state index in [9.17, 15) is 4.79 Å². The lowest BCUT2D eigenvalue weighted by atomic mass is 10.1. The summed E-state index contributed by atoms with van der Waals surface area (Å²) in [5.41, 5.74) is 2.50. The molecule has 0 unspecified atom stereocenters. The fourth-order valence-corrected chi connectivity index (χ4v) is 3.32. The maximum Gasteiger partial charge on any atom is 0.197 e.